The van der Waals surface area contributed by atoms with Gasteiger partial charge in [-0.1, -0.05) is 22.0 Å². The lowest BCUT2D eigenvalue weighted by atomic mass is 10.3. The Morgan fingerprint density at radius 1 is 1.50 bits per heavy atom. The molecule has 2 nitrogen and oxygen atoms in total. The number of hydrogen-bond acceptors (Lipinski definition) is 2. The fourth-order valence-corrected chi connectivity index (χ4v) is 1.24. The average Bonchev–Trinajstić information content (AvgIpc) is 2.03. The minimum atomic E-state index is 0.433. The van der Waals surface area contributed by atoms with E-state index >= 15 is 0 Å². The van der Waals surface area contributed by atoms with Crippen LogP contribution in [-0.2, 0) is 5.33 Å². The first-order valence-corrected chi connectivity index (χ1v) is 5.13. The molecule has 1 aromatic rings. The number of halogens is 1. The normalized spacial score (nSPS) is 10.3. The van der Waals surface area contributed by atoms with Gasteiger partial charge in [-0.2, -0.15) is 0 Å². The molecular formula is C9H13BrN2. The third-order valence-electron chi connectivity index (χ3n) is 1.38. The van der Waals surface area contributed by atoms with E-state index in [1.807, 2.05) is 18.2 Å². The van der Waals surface area contributed by atoms with Crippen LogP contribution in [0, 0.1) is 0 Å². The third-order valence-corrected chi connectivity index (χ3v) is 1.95. The molecule has 1 rings (SSSR count). The Bertz CT molecular complexity index is 248. The van der Waals surface area contributed by atoms with Gasteiger partial charge < -0.3 is 5.32 Å². The highest BCUT2D eigenvalue weighted by Gasteiger charge is 1.97. The van der Waals surface area contributed by atoms with E-state index in [-0.39, 0.29) is 0 Å². The zero-order valence-electron chi connectivity index (χ0n) is 7.34. The lowest BCUT2D eigenvalue weighted by Gasteiger charge is -2.08. The maximum absolute atomic E-state index is 4.37. The van der Waals surface area contributed by atoms with Crippen molar-refractivity contribution < 1.29 is 0 Å². The maximum atomic E-state index is 4.37. The van der Waals surface area contributed by atoms with Crippen LogP contribution in [0.5, 0.6) is 0 Å². The number of anilines is 1. The number of aromatic nitrogens is 1. The molecule has 1 N–H and O–H groups in total. The van der Waals surface area contributed by atoms with E-state index in [1.165, 1.54) is 0 Å². The second-order valence-corrected chi connectivity index (χ2v) is 3.51. The van der Waals surface area contributed by atoms with Gasteiger partial charge in [0.05, 0.1) is 5.69 Å². The standard InChI is InChI=1S/C9H13BrN2/c1-7(2)11-9-5-3-4-8(6-10)12-9/h3-5,7H,6H2,1-2H3,(H,11,12). The Morgan fingerprint density at radius 2 is 2.25 bits per heavy atom. The summed E-state index contributed by atoms with van der Waals surface area (Å²) in [7, 11) is 0. The van der Waals surface area contributed by atoms with Crippen LogP contribution in [0.4, 0.5) is 5.82 Å². The summed E-state index contributed by atoms with van der Waals surface area (Å²) in [5.74, 6) is 0.946. The Hall–Kier alpha value is -0.570. The van der Waals surface area contributed by atoms with Gasteiger partial charge in [0.15, 0.2) is 0 Å². The molecule has 0 spiro atoms. The van der Waals surface area contributed by atoms with Crippen molar-refractivity contribution in [3.8, 4) is 0 Å². The minimum Gasteiger partial charge on any atom is -0.368 e. The number of nitrogens with one attached hydrogen (secondary N) is 1. The summed E-state index contributed by atoms with van der Waals surface area (Å²) in [6.07, 6.45) is 0. The summed E-state index contributed by atoms with van der Waals surface area (Å²) in [5.41, 5.74) is 1.06. The SMILES string of the molecule is CC(C)Nc1cccc(CBr)n1. The summed E-state index contributed by atoms with van der Waals surface area (Å²) in [6.45, 7) is 4.20. The van der Waals surface area contributed by atoms with Gasteiger partial charge in [-0.3, -0.25) is 0 Å². The van der Waals surface area contributed by atoms with E-state index in [9.17, 15) is 0 Å². The summed E-state index contributed by atoms with van der Waals surface area (Å²) in [5, 5.41) is 4.05. The molecular weight excluding hydrogens is 216 g/mol. The molecule has 3 heteroatoms. The van der Waals surface area contributed by atoms with Gasteiger partial charge in [-0.05, 0) is 26.0 Å². The minimum absolute atomic E-state index is 0.433. The van der Waals surface area contributed by atoms with Crippen molar-refractivity contribution in [1.82, 2.24) is 4.98 Å². The van der Waals surface area contributed by atoms with Crippen molar-refractivity contribution in [2.24, 2.45) is 0 Å². The van der Waals surface area contributed by atoms with Gasteiger partial charge in [0.2, 0.25) is 0 Å². The molecule has 1 heterocycles. The third kappa shape index (κ3) is 2.81. The zero-order valence-corrected chi connectivity index (χ0v) is 8.93. The molecule has 0 aromatic carbocycles. The summed E-state index contributed by atoms with van der Waals surface area (Å²) in [6, 6.07) is 6.42. The molecule has 0 saturated carbocycles. The maximum Gasteiger partial charge on any atom is 0.126 e. The predicted octanol–water partition coefficient (Wildman–Crippen LogP) is 2.80. The van der Waals surface area contributed by atoms with E-state index < -0.39 is 0 Å². The Kier molecular flexibility index (Phi) is 3.53. The van der Waals surface area contributed by atoms with Crippen LogP contribution in [0.1, 0.15) is 19.5 Å². The van der Waals surface area contributed by atoms with Crippen LogP contribution >= 0.6 is 15.9 Å². The first kappa shape index (κ1) is 9.52. The van der Waals surface area contributed by atoms with Crippen LogP contribution in [0.15, 0.2) is 18.2 Å². The Balaban J connectivity index is 2.72. The molecule has 0 unspecified atom stereocenters. The van der Waals surface area contributed by atoms with E-state index in [1.54, 1.807) is 0 Å². The van der Waals surface area contributed by atoms with Crippen molar-refractivity contribution in [3.05, 3.63) is 23.9 Å². The molecule has 0 atom stereocenters. The largest absolute Gasteiger partial charge is 0.368 e. The van der Waals surface area contributed by atoms with Crippen LogP contribution in [0.25, 0.3) is 0 Å². The molecule has 0 bridgehead atoms. The van der Waals surface area contributed by atoms with Gasteiger partial charge in [-0.15, -0.1) is 0 Å². The first-order chi connectivity index (χ1) is 5.72. The summed E-state index contributed by atoms with van der Waals surface area (Å²) >= 11 is 3.37. The van der Waals surface area contributed by atoms with Gasteiger partial charge in [0.1, 0.15) is 5.82 Å². The predicted molar refractivity (Wildman–Crippen MR) is 55.6 cm³/mol. The Labute approximate surface area is 81.5 Å². The second-order valence-electron chi connectivity index (χ2n) is 2.95. The van der Waals surface area contributed by atoms with E-state index in [0.717, 1.165) is 16.8 Å². The van der Waals surface area contributed by atoms with Gasteiger partial charge in [0, 0.05) is 11.4 Å². The monoisotopic (exact) mass is 228 g/mol. The molecule has 0 amide bonds. The molecule has 1 aromatic heterocycles. The lowest BCUT2D eigenvalue weighted by Crippen LogP contribution is -2.11. The van der Waals surface area contributed by atoms with Crippen molar-refractivity contribution in [2.45, 2.75) is 25.2 Å². The number of alkyl halides is 1. The van der Waals surface area contributed by atoms with Crippen LogP contribution in [-0.4, -0.2) is 11.0 Å². The molecule has 12 heavy (non-hydrogen) atoms. The summed E-state index contributed by atoms with van der Waals surface area (Å²) < 4.78 is 0. The molecule has 66 valence electrons. The number of pyridine rings is 1. The fraction of sp³-hybridized carbons (Fsp3) is 0.444. The van der Waals surface area contributed by atoms with Crippen LogP contribution in [0.3, 0.4) is 0 Å². The average molecular weight is 229 g/mol. The molecule has 0 fully saturated rings. The van der Waals surface area contributed by atoms with Gasteiger partial charge in [-0.25, -0.2) is 4.98 Å². The first-order valence-electron chi connectivity index (χ1n) is 4.01. The van der Waals surface area contributed by atoms with Crippen LogP contribution in [0.2, 0.25) is 0 Å². The van der Waals surface area contributed by atoms with Crippen LogP contribution < -0.4 is 5.32 Å². The van der Waals surface area contributed by atoms with Crippen molar-refractivity contribution in [1.29, 1.82) is 0 Å². The highest BCUT2D eigenvalue weighted by atomic mass is 79.9. The van der Waals surface area contributed by atoms with Crippen molar-refractivity contribution >= 4 is 21.7 Å². The number of hydrogen-bond donors (Lipinski definition) is 1. The van der Waals surface area contributed by atoms with Crippen molar-refractivity contribution in [2.75, 3.05) is 5.32 Å². The molecule has 0 radical (unpaired) electrons. The highest BCUT2D eigenvalue weighted by Crippen LogP contribution is 2.08. The van der Waals surface area contributed by atoms with E-state index in [2.05, 4.69) is 40.1 Å². The molecule has 0 aliphatic heterocycles. The van der Waals surface area contributed by atoms with E-state index in [4.69, 9.17) is 0 Å². The smallest absolute Gasteiger partial charge is 0.126 e. The molecule has 0 saturated heterocycles. The second kappa shape index (κ2) is 4.45. The molecule has 0 aliphatic carbocycles. The Morgan fingerprint density at radius 3 is 2.83 bits per heavy atom. The zero-order chi connectivity index (χ0) is 8.97. The fourth-order valence-electron chi connectivity index (χ4n) is 0.930. The number of rotatable bonds is 3. The van der Waals surface area contributed by atoms with E-state index in [0.29, 0.717) is 6.04 Å². The number of nitrogens with zero attached hydrogens (tertiary/aromatic N) is 1. The lowest BCUT2D eigenvalue weighted by molar-refractivity contribution is 0.886. The topological polar surface area (TPSA) is 24.9 Å². The van der Waals surface area contributed by atoms with Crippen molar-refractivity contribution in [3.63, 3.8) is 0 Å². The molecule has 0 aliphatic rings. The van der Waals surface area contributed by atoms with Gasteiger partial charge >= 0.3 is 0 Å². The highest BCUT2D eigenvalue weighted by molar-refractivity contribution is 9.08. The quantitative estimate of drug-likeness (QED) is 0.806. The summed E-state index contributed by atoms with van der Waals surface area (Å²) in [4.78, 5) is 4.37. The van der Waals surface area contributed by atoms with Gasteiger partial charge in [0.25, 0.3) is 0 Å².